The van der Waals surface area contributed by atoms with Crippen LogP contribution in [0.15, 0.2) is 39.6 Å². The minimum absolute atomic E-state index is 0.0401. The molecular weight excluding hydrogens is 362 g/mol. The maximum atomic E-state index is 12.5. The first kappa shape index (κ1) is 16.4. The highest BCUT2D eigenvalue weighted by molar-refractivity contribution is 8.01. The molecule has 126 valence electrons. The van der Waals surface area contributed by atoms with E-state index in [1.807, 2.05) is 24.3 Å². The van der Waals surface area contributed by atoms with Gasteiger partial charge in [0.2, 0.25) is 0 Å². The Hall–Kier alpha value is -1.08. The Labute approximate surface area is 154 Å². The zero-order chi connectivity index (χ0) is 16.5. The summed E-state index contributed by atoms with van der Waals surface area (Å²) in [5.74, 6) is 0.587. The lowest BCUT2D eigenvalue weighted by Gasteiger charge is -2.44. The standard InChI is InChI=1S/C17H18ClN3OS2/c18-12-1-3-13(4-2-12)23-15-9-19-17(24-15)16(22)20-14-10-21-7-5-11(14)6-8-21/h1-4,9,11,14H,5-8,10H2,(H,20,22). The fraction of sp³-hybridized carbons (Fsp3) is 0.412. The van der Waals surface area contributed by atoms with Crippen LogP contribution in [-0.2, 0) is 0 Å². The summed E-state index contributed by atoms with van der Waals surface area (Å²) in [5, 5.41) is 4.46. The third-order valence-electron chi connectivity index (χ3n) is 4.68. The number of hydrogen-bond acceptors (Lipinski definition) is 5. The van der Waals surface area contributed by atoms with Gasteiger partial charge < -0.3 is 10.2 Å². The number of amides is 1. The van der Waals surface area contributed by atoms with Crippen LogP contribution in [0, 0.1) is 5.92 Å². The molecule has 3 aliphatic heterocycles. The second-order valence-corrected chi connectivity index (χ2v) is 9.10. The predicted molar refractivity (Wildman–Crippen MR) is 98.1 cm³/mol. The Morgan fingerprint density at radius 1 is 1.29 bits per heavy atom. The molecule has 1 aromatic heterocycles. The highest BCUT2D eigenvalue weighted by Crippen LogP contribution is 2.33. The molecule has 3 saturated heterocycles. The molecule has 3 fully saturated rings. The number of rotatable bonds is 4. The van der Waals surface area contributed by atoms with Crippen molar-refractivity contribution in [2.24, 2.45) is 5.92 Å². The third-order valence-corrected chi connectivity index (χ3v) is 7.04. The number of thiazole rings is 1. The Balaban J connectivity index is 1.39. The van der Waals surface area contributed by atoms with E-state index in [-0.39, 0.29) is 11.9 Å². The monoisotopic (exact) mass is 379 g/mol. The van der Waals surface area contributed by atoms with Gasteiger partial charge in [0.1, 0.15) is 0 Å². The van der Waals surface area contributed by atoms with Crippen LogP contribution in [0.3, 0.4) is 0 Å². The number of carbonyl (C=O) groups is 1. The second kappa shape index (κ2) is 7.04. The van der Waals surface area contributed by atoms with Crippen molar-refractivity contribution in [3.8, 4) is 0 Å². The minimum Gasteiger partial charge on any atom is -0.346 e. The molecule has 1 atom stereocenters. The topological polar surface area (TPSA) is 45.2 Å². The zero-order valence-corrected chi connectivity index (χ0v) is 15.5. The van der Waals surface area contributed by atoms with Crippen LogP contribution in [0.2, 0.25) is 5.02 Å². The van der Waals surface area contributed by atoms with E-state index in [0.29, 0.717) is 10.9 Å². The molecule has 3 aliphatic rings. The molecule has 0 saturated carbocycles. The van der Waals surface area contributed by atoms with Crippen molar-refractivity contribution in [1.29, 1.82) is 0 Å². The number of nitrogens with one attached hydrogen (secondary N) is 1. The van der Waals surface area contributed by atoms with E-state index in [1.165, 1.54) is 37.3 Å². The molecule has 0 spiro atoms. The van der Waals surface area contributed by atoms with Crippen molar-refractivity contribution in [3.05, 3.63) is 40.5 Å². The van der Waals surface area contributed by atoms with Crippen molar-refractivity contribution < 1.29 is 4.79 Å². The zero-order valence-electron chi connectivity index (χ0n) is 13.1. The Bertz CT molecular complexity index is 726. The second-order valence-electron chi connectivity index (χ2n) is 6.26. The fourth-order valence-corrected chi connectivity index (χ4v) is 5.37. The van der Waals surface area contributed by atoms with E-state index in [9.17, 15) is 4.79 Å². The molecule has 0 aliphatic carbocycles. The van der Waals surface area contributed by atoms with Gasteiger partial charge in [-0.25, -0.2) is 4.98 Å². The van der Waals surface area contributed by atoms with Gasteiger partial charge in [0.05, 0.1) is 10.4 Å². The van der Waals surface area contributed by atoms with Gasteiger partial charge in [0, 0.05) is 22.5 Å². The number of benzene rings is 1. The van der Waals surface area contributed by atoms with Crippen LogP contribution in [0.25, 0.3) is 0 Å². The van der Waals surface area contributed by atoms with E-state index in [2.05, 4.69) is 15.2 Å². The largest absolute Gasteiger partial charge is 0.346 e. The average Bonchev–Trinajstić information content (AvgIpc) is 3.07. The molecular formula is C17H18ClN3OS2. The fourth-order valence-electron chi connectivity index (χ4n) is 3.39. The van der Waals surface area contributed by atoms with Crippen molar-refractivity contribution in [1.82, 2.24) is 15.2 Å². The van der Waals surface area contributed by atoms with E-state index >= 15 is 0 Å². The van der Waals surface area contributed by atoms with Gasteiger partial charge in [-0.05, 0) is 56.1 Å². The van der Waals surface area contributed by atoms with Crippen LogP contribution in [0.1, 0.15) is 22.6 Å². The van der Waals surface area contributed by atoms with Gasteiger partial charge in [-0.3, -0.25) is 4.79 Å². The summed E-state index contributed by atoms with van der Waals surface area (Å²) in [5.41, 5.74) is 0. The highest BCUT2D eigenvalue weighted by atomic mass is 35.5. The number of aromatic nitrogens is 1. The number of carbonyl (C=O) groups excluding carboxylic acids is 1. The molecule has 7 heteroatoms. The predicted octanol–water partition coefficient (Wildman–Crippen LogP) is 3.77. The summed E-state index contributed by atoms with van der Waals surface area (Å²) in [7, 11) is 0. The third kappa shape index (κ3) is 3.61. The molecule has 1 unspecified atom stereocenters. The van der Waals surface area contributed by atoms with Crippen LogP contribution in [-0.4, -0.2) is 41.5 Å². The number of nitrogens with zero attached hydrogens (tertiary/aromatic N) is 2. The average molecular weight is 380 g/mol. The van der Waals surface area contributed by atoms with Crippen LogP contribution in [0.4, 0.5) is 0 Å². The smallest absolute Gasteiger partial charge is 0.280 e. The van der Waals surface area contributed by atoms with Crippen molar-refractivity contribution in [3.63, 3.8) is 0 Å². The number of fused-ring (bicyclic) bond motifs is 3. The molecule has 4 nitrogen and oxygen atoms in total. The summed E-state index contributed by atoms with van der Waals surface area (Å²) in [4.78, 5) is 20.3. The molecule has 5 rings (SSSR count). The summed E-state index contributed by atoms with van der Waals surface area (Å²) in [6.45, 7) is 3.33. The lowest BCUT2D eigenvalue weighted by Crippen LogP contribution is -2.57. The lowest BCUT2D eigenvalue weighted by atomic mass is 9.84. The van der Waals surface area contributed by atoms with E-state index in [4.69, 9.17) is 11.6 Å². The van der Waals surface area contributed by atoms with Gasteiger partial charge in [0.25, 0.3) is 5.91 Å². The van der Waals surface area contributed by atoms with Crippen LogP contribution in [0.5, 0.6) is 0 Å². The van der Waals surface area contributed by atoms with Crippen LogP contribution < -0.4 is 5.32 Å². The van der Waals surface area contributed by atoms with Gasteiger partial charge >= 0.3 is 0 Å². The molecule has 2 bridgehead atoms. The van der Waals surface area contributed by atoms with Crippen molar-refractivity contribution in [2.75, 3.05) is 19.6 Å². The lowest BCUT2D eigenvalue weighted by molar-refractivity contribution is 0.0620. The Morgan fingerprint density at radius 2 is 2.04 bits per heavy atom. The maximum Gasteiger partial charge on any atom is 0.280 e. The van der Waals surface area contributed by atoms with E-state index in [0.717, 1.165) is 20.7 Å². The van der Waals surface area contributed by atoms with Gasteiger partial charge in [-0.1, -0.05) is 23.4 Å². The van der Waals surface area contributed by atoms with Gasteiger partial charge in [-0.2, -0.15) is 0 Å². The molecule has 1 aromatic carbocycles. The van der Waals surface area contributed by atoms with Crippen molar-refractivity contribution in [2.45, 2.75) is 28.0 Å². The maximum absolute atomic E-state index is 12.5. The molecule has 1 N–H and O–H groups in total. The summed E-state index contributed by atoms with van der Waals surface area (Å²) in [6.07, 6.45) is 4.16. The van der Waals surface area contributed by atoms with E-state index < -0.39 is 0 Å². The Morgan fingerprint density at radius 3 is 2.71 bits per heavy atom. The first-order chi connectivity index (χ1) is 11.7. The first-order valence-corrected chi connectivity index (χ1v) is 10.1. The summed E-state index contributed by atoms with van der Waals surface area (Å²) in [6, 6.07) is 7.95. The first-order valence-electron chi connectivity index (χ1n) is 8.10. The molecule has 4 heterocycles. The molecule has 2 aromatic rings. The number of halogens is 1. The van der Waals surface area contributed by atoms with Crippen molar-refractivity contribution >= 4 is 40.6 Å². The van der Waals surface area contributed by atoms with Gasteiger partial charge in [0.15, 0.2) is 5.01 Å². The quantitative estimate of drug-likeness (QED) is 0.878. The summed E-state index contributed by atoms with van der Waals surface area (Å²) >= 11 is 8.95. The SMILES string of the molecule is O=C(NC1CN2CCC1CC2)c1ncc(Sc2ccc(Cl)cc2)s1. The molecule has 24 heavy (non-hydrogen) atoms. The minimum atomic E-state index is -0.0401. The normalized spacial score (nSPS) is 25.6. The highest BCUT2D eigenvalue weighted by Gasteiger charge is 2.35. The Kier molecular flexibility index (Phi) is 4.81. The summed E-state index contributed by atoms with van der Waals surface area (Å²) < 4.78 is 1.01. The number of piperidine rings is 3. The number of hydrogen-bond donors (Lipinski definition) is 1. The molecule has 0 radical (unpaired) electrons. The van der Waals surface area contributed by atoms with E-state index in [1.54, 1.807) is 18.0 Å². The van der Waals surface area contributed by atoms with Gasteiger partial charge in [-0.15, -0.1) is 11.3 Å². The van der Waals surface area contributed by atoms with Crippen LogP contribution >= 0.6 is 34.7 Å². The molecule has 1 amide bonds.